The van der Waals surface area contributed by atoms with E-state index in [1.807, 2.05) is 30.3 Å². The quantitative estimate of drug-likeness (QED) is 0.790. The summed E-state index contributed by atoms with van der Waals surface area (Å²) in [6.07, 6.45) is 6.97. The van der Waals surface area contributed by atoms with Crippen molar-refractivity contribution in [3.8, 4) is 0 Å². The van der Waals surface area contributed by atoms with Gasteiger partial charge in [0.2, 0.25) is 0 Å². The second kappa shape index (κ2) is 7.44. The van der Waals surface area contributed by atoms with Gasteiger partial charge >= 0.3 is 0 Å². The minimum Gasteiger partial charge on any atom is -0.464 e. The first kappa shape index (κ1) is 18.1. The van der Waals surface area contributed by atoms with Gasteiger partial charge in [-0.1, -0.05) is 18.2 Å². The largest absolute Gasteiger partial charge is 0.464 e. The molecule has 0 saturated carbocycles. The van der Waals surface area contributed by atoms with Crippen LogP contribution in [0.3, 0.4) is 0 Å². The van der Waals surface area contributed by atoms with Gasteiger partial charge in [0.05, 0.1) is 24.3 Å². The molecule has 5 rings (SSSR count). The summed E-state index contributed by atoms with van der Waals surface area (Å²) in [5, 5.41) is 1.05. The molecule has 4 atom stereocenters. The van der Waals surface area contributed by atoms with E-state index in [0.717, 1.165) is 54.5 Å². The molecule has 0 N–H and O–H groups in total. The van der Waals surface area contributed by atoms with E-state index in [1.165, 1.54) is 0 Å². The molecule has 1 aromatic carbocycles. The van der Waals surface area contributed by atoms with Crippen LogP contribution >= 0.6 is 0 Å². The molecule has 6 heteroatoms. The van der Waals surface area contributed by atoms with E-state index in [9.17, 15) is 0 Å². The topological polar surface area (TPSA) is 59.0 Å². The highest BCUT2D eigenvalue weighted by Crippen LogP contribution is 2.51. The Balaban J connectivity index is 1.50. The average molecular weight is 383 g/mol. The summed E-state index contributed by atoms with van der Waals surface area (Å²) in [6.45, 7) is 1.23. The number of nitrogens with zero attached hydrogens (tertiary/aromatic N) is 1. The number of ether oxygens (including phenoxy) is 5. The molecule has 3 aliphatic rings. The van der Waals surface area contributed by atoms with Gasteiger partial charge < -0.3 is 23.7 Å². The number of allylic oxidation sites excluding steroid dienone is 1. The Labute approximate surface area is 164 Å². The molecule has 1 saturated heterocycles. The van der Waals surface area contributed by atoms with E-state index >= 15 is 0 Å². The zero-order valence-corrected chi connectivity index (χ0v) is 16.0. The van der Waals surface area contributed by atoms with Crippen molar-refractivity contribution in [2.24, 2.45) is 5.92 Å². The number of hydrogen-bond donors (Lipinski definition) is 0. The molecule has 0 bridgehead atoms. The summed E-state index contributed by atoms with van der Waals surface area (Å²) in [7, 11) is 1.64. The lowest BCUT2D eigenvalue weighted by molar-refractivity contribution is -0.317. The average Bonchev–Trinajstić information content (AvgIpc) is 3.05. The molecule has 0 amide bonds. The van der Waals surface area contributed by atoms with Gasteiger partial charge in [-0.2, -0.15) is 0 Å². The Morgan fingerprint density at radius 2 is 2.18 bits per heavy atom. The maximum absolute atomic E-state index is 6.35. The molecule has 1 spiro atoms. The summed E-state index contributed by atoms with van der Waals surface area (Å²) in [6, 6.07) is 10.1. The fraction of sp³-hybridized carbons (Fsp3) is 0.500. The minimum absolute atomic E-state index is 0.0458. The van der Waals surface area contributed by atoms with E-state index in [1.54, 1.807) is 13.4 Å². The summed E-state index contributed by atoms with van der Waals surface area (Å²) in [5.74, 6) is -1.06. The molecular weight excluding hydrogens is 358 g/mol. The van der Waals surface area contributed by atoms with Crippen LogP contribution in [0, 0.1) is 5.92 Å². The zero-order chi connectivity index (χ0) is 19.0. The van der Waals surface area contributed by atoms with Crippen molar-refractivity contribution >= 4 is 10.9 Å². The summed E-state index contributed by atoms with van der Waals surface area (Å²) in [4.78, 5) is 4.93. The number of para-hydroxylation sites is 1. The van der Waals surface area contributed by atoms with E-state index in [0.29, 0.717) is 6.61 Å². The van der Waals surface area contributed by atoms with Gasteiger partial charge in [0.15, 0.2) is 12.6 Å². The molecule has 28 heavy (non-hydrogen) atoms. The highest BCUT2D eigenvalue weighted by atomic mass is 16.8. The van der Waals surface area contributed by atoms with Crippen LogP contribution in [0.4, 0.5) is 0 Å². The molecule has 1 unspecified atom stereocenters. The molecule has 1 fully saturated rings. The molecule has 3 aliphatic heterocycles. The van der Waals surface area contributed by atoms with Crippen LogP contribution in [-0.4, -0.2) is 31.6 Å². The van der Waals surface area contributed by atoms with Gasteiger partial charge in [-0.15, -0.1) is 0 Å². The molecule has 4 heterocycles. The van der Waals surface area contributed by atoms with Crippen molar-refractivity contribution < 1.29 is 23.7 Å². The molecule has 0 radical (unpaired) electrons. The van der Waals surface area contributed by atoms with Gasteiger partial charge in [-0.25, -0.2) is 4.98 Å². The van der Waals surface area contributed by atoms with E-state index in [4.69, 9.17) is 28.7 Å². The smallest absolute Gasteiger partial charge is 0.261 e. The lowest BCUT2D eigenvalue weighted by Crippen LogP contribution is -2.42. The maximum atomic E-state index is 6.35. The van der Waals surface area contributed by atoms with E-state index < -0.39 is 12.1 Å². The number of fused-ring (bicyclic) bond motifs is 3. The number of rotatable bonds is 4. The number of hydrogen-bond acceptors (Lipinski definition) is 6. The van der Waals surface area contributed by atoms with Crippen LogP contribution in [0.1, 0.15) is 43.2 Å². The monoisotopic (exact) mass is 383 g/mol. The van der Waals surface area contributed by atoms with E-state index in [-0.39, 0.29) is 12.2 Å². The predicted molar refractivity (Wildman–Crippen MR) is 102 cm³/mol. The third-order valence-electron chi connectivity index (χ3n) is 5.75. The van der Waals surface area contributed by atoms with E-state index in [2.05, 4.69) is 6.07 Å². The first-order valence-electron chi connectivity index (χ1n) is 9.97. The molecular formula is C22H25NO5. The van der Waals surface area contributed by atoms with Crippen LogP contribution < -0.4 is 0 Å². The van der Waals surface area contributed by atoms with Gasteiger partial charge in [-0.05, 0) is 43.9 Å². The van der Waals surface area contributed by atoms with Crippen molar-refractivity contribution in [3.05, 3.63) is 53.9 Å². The lowest BCUT2D eigenvalue weighted by Gasteiger charge is -2.38. The van der Waals surface area contributed by atoms with Crippen LogP contribution in [0.15, 0.2) is 42.7 Å². The molecule has 2 aromatic rings. The van der Waals surface area contributed by atoms with Gasteiger partial charge in [0, 0.05) is 24.7 Å². The number of benzene rings is 1. The number of aromatic nitrogens is 1. The predicted octanol–water partition coefficient (Wildman–Crippen LogP) is 4.16. The van der Waals surface area contributed by atoms with Crippen LogP contribution in [0.2, 0.25) is 0 Å². The first-order valence-corrected chi connectivity index (χ1v) is 9.97. The molecule has 148 valence electrons. The van der Waals surface area contributed by atoms with Crippen molar-refractivity contribution in [1.82, 2.24) is 4.98 Å². The molecule has 1 aromatic heterocycles. The lowest BCUT2D eigenvalue weighted by atomic mass is 9.90. The van der Waals surface area contributed by atoms with Crippen molar-refractivity contribution in [3.63, 3.8) is 0 Å². The number of pyridine rings is 1. The van der Waals surface area contributed by atoms with Crippen LogP contribution in [0.25, 0.3) is 10.9 Å². The minimum atomic E-state index is -1.01. The van der Waals surface area contributed by atoms with Crippen LogP contribution in [-0.2, 0) is 29.5 Å². The summed E-state index contributed by atoms with van der Waals surface area (Å²) >= 11 is 0. The van der Waals surface area contributed by atoms with Gasteiger partial charge in [0.1, 0.15) is 5.69 Å². The van der Waals surface area contributed by atoms with Crippen LogP contribution in [0.5, 0.6) is 0 Å². The normalized spacial score (nSPS) is 31.8. The molecule has 6 nitrogen and oxygen atoms in total. The van der Waals surface area contributed by atoms with Gasteiger partial charge in [-0.3, -0.25) is 0 Å². The second-order valence-corrected chi connectivity index (χ2v) is 7.52. The Kier molecular flexibility index (Phi) is 4.80. The maximum Gasteiger partial charge on any atom is 0.261 e. The third kappa shape index (κ3) is 3.01. The summed E-state index contributed by atoms with van der Waals surface area (Å²) < 4.78 is 29.9. The second-order valence-electron chi connectivity index (χ2n) is 7.52. The SMILES string of the molecule is CO[C@@H]1O[C@@]2(OC=CC[C@H]2COC2CCCCO2)c2nc3ccccc3cc21. The molecule has 0 aliphatic carbocycles. The Morgan fingerprint density at radius 3 is 3.04 bits per heavy atom. The fourth-order valence-corrected chi connectivity index (χ4v) is 4.28. The van der Waals surface area contributed by atoms with Crippen molar-refractivity contribution in [1.29, 1.82) is 0 Å². The van der Waals surface area contributed by atoms with Gasteiger partial charge in [0.25, 0.3) is 5.79 Å². The fourth-order valence-electron chi connectivity index (χ4n) is 4.28. The third-order valence-corrected chi connectivity index (χ3v) is 5.75. The highest BCUT2D eigenvalue weighted by molar-refractivity contribution is 5.79. The summed E-state index contributed by atoms with van der Waals surface area (Å²) in [5.41, 5.74) is 2.60. The Bertz CT molecular complexity index is 878. The standard InChI is InChI=1S/C22H25NO5/c1-24-21-17-13-15-7-2-3-9-18(15)23-20(17)22(28-21)16(8-6-12-27-22)14-26-19-10-4-5-11-25-19/h2-3,6-7,9,12-13,16,19,21H,4-5,8,10-11,14H2,1H3/t16-,19?,21+,22+/m0/s1. The van der Waals surface area contributed by atoms with Crippen molar-refractivity contribution in [2.45, 2.75) is 44.1 Å². The first-order chi connectivity index (χ1) is 13.8. The zero-order valence-electron chi connectivity index (χ0n) is 16.0. The highest BCUT2D eigenvalue weighted by Gasteiger charge is 2.55. The van der Waals surface area contributed by atoms with Crippen molar-refractivity contribution in [2.75, 3.05) is 20.3 Å². The Morgan fingerprint density at radius 1 is 1.25 bits per heavy atom. The number of methoxy groups -OCH3 is 1. The Hall–Kier alpha value is -1.99.